The first-order chi connectivity index (χ1) is 12.7. The molecule has 0 radical (unpaired) electrons. The van der Waals surface area contributed by atoms with Crippen molar-refractivity contribution in [2.45, 2.75) is 13.3 Å². The van der Waals surface area contributed by atoms with Gasteiger partial charge in [0.2, 0.25) is 0 Å². The summed E-state index contributed by atoms with van der Waals surface area (Å²) in [5.74, 6) is 1.81. The van der Waals surface area contributed by atoms with Gasteiger partial charge in [0.05, 0.1) is 5.39 Å². The molecule has 132 valence electrons. The van der Waals surface area contributed by atoms with E-state index in [-0.39, 0.29) is 0 Å². The van der Waals surface area contributed by atoms with Gasteiger partial charge in [-0.15, -0.1) is 11.3 Å². The first-order valence-electron chi connectivity index (χ1n) is 8.83. The van der Waals surface area contributed by atoms with Crippen LogP contribution in [0.15, 0.2) is 30.3 Å². The van der Waals surface area contributed by atoms with Gasteiger partial charge < -0.3 is 9.80 Å². The molecule has 2 aromatic heterocycles. The number of fused-ring (bicyclic) bond motifs is 1. The number of nitriles is 1. The SMILES string of the molecule is Cc1c(C#N)sc2nc(Cc3ccccc3)nc(N3CCN(C)CC3)c12. The van der Waals surface area contributed by atoms with Crippen LogP contribution in [0.25, 0.3) is 10.2 Å². The first-order valence-corrected chi connectivity index (χ1v) is 9.65. The third-order valence-electron chi connectivity index (χ3n) is 4.93. The molecule has 3 aromatic rings. The standard InChI is InChI=1S/C20H21N5S/c1-14-16(13-21)26-20-18(14)19(25-10-8-24(2)9-11-25)22-17(23-20)12-15-6-4-3-5-7-15/h3-7H,8-12H2,1-2H3. The Morgan fingerprint density at radius 2 is 1.85 bits per heavy atom. The third kappa shape index (κ3) is 3.16. The number of benzene rings is 1. The largest absolute Gasteiger partial charge is 0.353 e. The van der Waals surface area contributed by atoms with Crippen LogP contribution >= 0.6 is 11.3 Å². The minimum Gasteiger partial charge on any atom is -0.353 e. The number of rotatable bonds is 3. The molecule has 0 atom stereocenters. The topological polar surface area (TPSA) is 56.1 Å². The summed E-state index contributed by atoms with van der Waals surface area (Å²) in [6.07, 6.45) is 0.705. The number of nitrogens with zero attached hydrogens (tertiary/aromatic N) is 5. The fourth-order valence-electron chi connectivity index (χ4n) is 3.37. The van der Waals surface area contributed by atoms with E-state index in [4.69, 9.17) is 9.97 Å². The number of aryl methyl sites for hydroxylation is 1. The molecule has 1 aliphatic rings. The Kier molecular flexibility index (Phi) is 4.58. The molecule has 4 rings (SSSR count). The highest BCUT2D eigenvalue weighted by molar-refractivity contribution is 7.19. The summed E-state index contributed by atoms with van der Waals surface area (Å²) < 4.78 is 0. The average molecular weight is 363 g/mol. The molecule has 1 aliphatic heterocycles. The minimum atomic E-state index is 0.705. The van der Waals surface area contributed by atoms with Crippen LogP contribution in [-0.4, -0.2) is 48.1 Å². The van der Waals surface area contributed by atoms with Gasteiger partial charge in [-0.2, -0.15) is 5.26 Å². The van der Waals surface area contributed by atoms with Crippen molar-refractivity contribution in [3.8, 4) is 6.07 Å². The van der Waals surface area contributed by atoms with Crippen LogP contribution < -0.4 is 4.90 Å². The lowest BCUT2D eigenvalue weighted by Crippen LogP contribution is -2.45. The maximum absolute atomic E-state index is 9.45. The fourth-order valence-corrected chi connectivity index (χ4v) is 4.36. The van der Waals surface area contributed by atoms with Gasteiger partial charge >= 0.3 is 0 Å². The minimum absolute atomic E-state index is 0.705. The Labute approximate surface area is 157 Å². The van der Waals surface area contributed by atoms with Gasteiger partial charge in [-0.3, -0.25) is 0 Å². The Hall–Kier alpha value is -2.49. The van der Waals surface area contributed by atoms with Gasteiger partial charge in [0.25, 0.3) is 0 Å². The molecule has 0 amide bonds. The van der Waals surface area contributed by atoms with E-state index in [0.717, 1.165) is 58.5 Å². The van der Waals surface area contributed by atoms with E-state index in [1.54, 1.807) is 0 Å². The summed E-state index contributed by atoms with van der Waals surface area (Å²) in [6, 6.07) is 12.6. The monoisotopic (exact) mass is 363 g/mol. The summed E-state index contributed by atoms with van der Waals surface area (Å²) in [6.45, 7) is 5.95. The molecule has 1 aromatic carbocycles. The first kappa shape index (κ1) is 17.0. The van der Waals surface area contributed by atoms with Gasteiger partial charge in [-0.05, 0) is 25.1 Å². The van der Waals surface area contributed by atoms with Crippen LogP contribution in [0.5, 0.6) is 0 Å². The number of hydrogen-bond acceptors (Lipinski definition) is 6. The Morgan fingerprint density at radius 1 is 1.12 bits per heavy atom. The molecule has 1 fully saturated rings. The van der Waals surface area contributed by atoms with E-state index >= 15 is 0 Å². The van der Waals surface area contributed by atoms with E-state index in [0.29, 0.717) is 6.42 Å². The lowest BCUT2D eigenvalue weighted by molar-refractivity contribution is 0.312. The molecule has 0 saturated carbocycles. The van der Waals surface area contributed by atoms with Crippen molar-refractivity contribution in [2.24, 2.45) is 0 Å². The summed E-state index contributed by atoms with van der Waals surface area (Å²) in [5, 5.41) is 10.5. The molecule has 0 N–H and O–H groups in total. The molecule has 5 nitrogen and oxygen atoms in total. The summed E-state index contributed by atoms with van der Waals surface area (Å²) in [4.78, 5) is 16.1. The number of thiophene rings is 1. The summed E-state index contributed by atoms with van der Waals surface area (Å²) in [5.41, 5.74) is 2.21. The van der Waals surface area contributed by atoms with E-state index in [1.165, 1.54) is 16.9 Å². The van der Waals surface area contributed by atoms with Crippen molar-refractivity contribution >= 4 is 27.4 Å². The number of piperazine rings is 1. The second-order valence-corrected chi connectivity index (χ2v) is 7.76. The molecular formula is C20H21N5S. The van der Waals surface area contributed by atoms with Crippen molar-refractivity contribution in [1.29, 1.82) is 5.26 Å². The van der Waals surface area contributed by atoms with Crippen LogP contribution in [0.1, 0.15) is 21.8 Å². The van der Waals surface area contributed by atoms with Gasteiger partial charge in [-0.1, -0.05) is 30.3 Å². The zero-order chi connectivity index (χ0) is 18.1. The van der Waals surface area contributed by atoms with E-state index < -0.39 is 0 Å². The zero-order valence-corrected chi connectivity index (χ0v) is 15.9. The van der Waals surface area contributed by atoms with Crippen LogP contribution in [0.3, 0.4) is 0 Å². The van der Waals surface area contributed by atoms with Crippen molar-refractivity contribution in [2.75, 3.05) is 38.1 Å². The van der Waals surface area contributed by atoms with Gasteiger partial charge in [0.15, 0.2) is 0 Å². The van der Waals surface area contributed by atoms with Gasteiger partial charge in [0, 0.05) is 32.6 Å². The van der Waals surface area contributed by atoms with E-state index in [1.807, 2.05) is 25.1 Å². The highest BCUT2D eigenvalue weighted by atomic mass is 32.1. The second-order valence-electron chi connectivity index (χ2n) is 6.76. The predicted molar refractivity (Wildman–Crippen MR) is 106 cm³/mol. The van der Waals surface area contributed by atoms with Crippen LogP contribution in [0, 0.1) is 18.3 Å². The molecule has 6 heteroatoms. The van der Waals surface area contributed by atoms with Crippen molar-refractivity contribution < 1.29 is 0 Å². The number of hydrogen-bond donors (Lipinski definition) is 0. The van der Waals surface area contributed by atoms with E-state index in [9.17, 15) is 5.26 Å². The Balaban J connectivity index is 1.81. The number of aromatic nitrogens is 2. The number of likely N-dealkylation sites (N-methyl/N-ethyl adjacent to an activating group) is 1. The Morgan fingerprint density at radius 3 is 2.54 bits per heavy atom. The van der Waals surface area contributed by atoms with Crippen LogP contribution in [0.4, 0.5) is 5.82 Å². The molecule has 0 aliphatic carbocycles. The second kappa shape index (κ2) is 7.02. The molecule has 0 bridgehead atoms. The van der Waals surface area contributed by atoms with Crippen molar-refractivity contribution in [3.63, 3.8) is 0 Å². The summed E-state index contributed by atoms with van der Waals surface area (Å²) in [7, 11) is 2.15. The molecule has 26 heavy (non-hydrogen) atoms. The van der Waals surface area contributed by atoms with E-state index in [2.05, 4.69) is 35.0 Å². The quantitative estimate of drug-likeness (QED) is 0.715. The van der Waals surface area contributed by atoms with Crippen LogP contribution in [-0.2, 0) is 6.42 Å². The smallest absolute Gasteiger partial charge is 0.141 e. The molecular weight excluding hydrogens is 342 g/mol. The molecule has 1 saturated heterocycles. The Bertz CT molecular complexity index is 965. The molecule has 0 spiro atoms. The lowest BCUT2D eigenvalue weighted by atomic mass is 10.1. The predicted octanol–water partition coefficient (Wildman–Crippen LogP) is 3.21. The van der Waals surface area contributed by atoms with Gasteiger partial charge in [0.1, 0.15) is 27.4 Å². The highest BCUT2D eigenvalue weighted by Gasteiger charge is 2.23. The zero-order valence-electron chi connectivity index (χ0n) is 15.1. The normalized spacial score (nSPS) is 15.3. The maximum atomic E-state index is 9.45. The maximum Gasteiger partial charge on any atom is 0.141 e. The average Bonchev–Trinajstić information content (AvgIpc) is 2.98. The lowest BCUT2D eigenvalue weighted by Gasteiger charge is -2.33. The number of anilines is 1. The van der Waals surface area contributed by atoms with Crippen molar-refractivity contribution in [1.82, 2.24) is 14.9 Å². The third-order valence-corrected chi connectivity index (χ3v) is 6.02. The van der Waals surface area contributed by atoms with Gasteiger partial charge in [-0.25, -0.2) is 9.97 Å². The highest BCUT2D eigenvalue weighted by Crippen LogP contribution is 2.35. The summed E-state index contributed by atoms with van der Waals surface area (Å²) >= 11 is 1.48. The van der Waals surface area contributed by atoms with Crippen LogP contribution in [0.2, 0.25) is 0 Å². The van der Waals surface area contributed by atoms with Crippen molar-refractivity contribution in [3.05, 3.63) is 52.2 Å². The molecule has 0 unspecified atom stereocenters. The molecule has 3 heterocycles. The fraction of sp³-hybridized carbons (Fsp3) is 0.350.